The molecule has 1 fully saturated rings. The first-order valence-electron chi connectivity index (χ1n) is 7.67. The van der Waals surface area contributed by atoms with Crippen LogP contribution in [0.5, 0.6) is 0 Å². The molecule has 25 heavy (non-hydrogen) atoms. The van der Waals surface area contributed by atoms with Gasteiger partial charge in [-0.25, -0.2) is 14.5 Å². The van der Waals surface area contributed by atoms with Crippen molar-refractivity contribution < 1.29 is 13.2 Å². The third kappa shape index (κ3) is 2.34. The van der Waals surface area contributed by atoms with Crippen molar-refractivity contribution in [2.75, 3.05) is 0 Å². The van der Waals surface area contributed by atoms with Crippen LogP contribution in [-0.4, -0.2) is 39.6 Å². The predicted molar refractivity (Wildman–Crippen MR) is 78.7 cm³/mol. The van der Waals surface area contributed by atoms with E-state index in [-0.39, 0.29) is 12.5 Å². The van der Waals surface area contributed by atoms with E-state index in [0.717, 1.165) is 18.9 Å². The van der Waals surface area contributed by atoms with E-state index in [4.69, 9.17) is 0 Å². The molecule has 0 spiro atoms. The molecule has 4 aromatic rings. The van der Waals surface area contributed by atoms with Gasteiger partial charge in [0.1, 0.15) is 12.9 Å². The zero-order valence-electron chi connectivity index (χ0n) is 12.7. The van der Waals surface area contributed by atoms with E-state index in [9.17, 15) is 13.2 Å². The first kappa shape index (κ1) is 14.4. The summed E-state index contributed by atoms with van der Waals surface area (Å²) in [5.74, 6) is 0.497. The van der Waals surface area contributed by atoms with E-state index in [2.05, 4.69) is 30.4 Å². The van der Waals surface area contributed by atoms with Crippen LogP contribution in [0.25, 0.3) is 16.7 Å². The van der Waals surface area contributed by atoms with Crippen LogP contribution in [0, 0.1) is 0 Å². The van der Waals surface area contributed by atoms with Gasteiger partial charge in [-0.15, -0.1) is 5.10 Å². The number of rotatable bonds is 3. The third-order valence-corrected chi connectivity index (χ3v) is 4.22. The van der Waals surface area contributed by atoms with Gasteiger partial charge in [0.05, 0.1) is 11.6 Å². The molecule has 0 unspecified atom stereocenters. The fourth-order valence-electron chi connectivity index (χ4n) is 2.89. The lowest BCUT2D eigenvalue weighted by atomic mass is 10.2. The van der Waals surface area contributed by atoms with Gasteiger partial charge in [0.2, 0.25) is 0 Å². The molecule has 5 rings (SSSR count). The van der Waals surface area contributed by atoms with Crippen molar-refractivity contribution >= 4 is 16.7 Å². The van der Waals surface area contributed by atoms with Gasteiger partial charge in [-0.3, -0.25) is 9.78 Å². The molecule has 8 nitrogen and oxygen atoms in total. The fraction of sp³-hybridized carbons (Fsp3) is 0.357. The van der Waals surface area contributed by atoms with Gasteiger partial charge < -0.3 is 0 Å². The smallest absolute Gasteiger partial charge is 0.261 e. The lowest BCUT2D eigenvalue weighted by molar-refractivity contribution is -0.141. The topological polar surface area (TPSA) is 89.6 Å². The van der Waals surface area contributed by atoms with Gasteiger partial charge in [0.15, 0.2) is 22.8 Å². The van der Waals surface area contributed by atoms with E-state index in [1.807, 2.05) is 0 Å². The maximum Gasteiger partial charge on any atom is 0.435 e. The second kappa shape index (κ2) is 4.77. The highest BCUT2D eigenvalue weighted by Gasteiger charge is 2.38. The largest absolute Gasteiger partial charge is 0.435 e. The second-order valence-electron chi connectivity index (χ2n) is 6.06. The molecule has 0 aromatic carbocycles. The number of halogens is 3. The van der Waals surface area contributed by atoms with Gasteiger partial charge in [0, 0.05) is 11.6 Å². The van der Waals surface area contributed by atoms with Crippen LogP contribution in [-0.2, 0) is 12.7 Å². The van der Waals surface area contributed by atoms with Crippen LogP contribution in [0.15, 0.2) is 18.6 Å². The van der Waals surface area contributed by atoms with Crippen molar-refractivity contribution in [3.63, 3.8) is 0 Å². The Hall–Kier alpha value is -2.98. The van der Waals surface area contributed by atoms with E-state index in [0.29, 0.717) is 28.2 Å². The quantitative estimate of drug-likeness (QED) is 0.613. The Morgan fingerprint density at radius 1 is 1.24 bits per heavy atom. The average Bonchev–Trinajstić information content (AvgIpc) is 2.98. The van der Waals surface area contributed by atoms with Crippen molar-refractivity contribution in [2.45, 2.75) is 31.5 Å². The third-order valence-electron chi connectivity index (χ3n) is 4.22. The van der Waals surface area contributed by atoms with Crippen LogP contribution >= 0.6 is 0 Å². The lowest BCUT2D eigenvalue weighted by Gasteiger charge is -2.03. The van der Waals surface area contributed by atoms with Crippen LogP contribution in [0.2, 0.25) is 0 Å². The molecule has 0 atom stereocenters. The fourth-order valence-corrected chi connectivity index (χ4v) is 2.89. The molecule has 4 aromatic heterocycles. The number of alkyl halides is 3. The number of fused-ring (bicyclic) bond motifs is 3. The molecular weight excluding hydrogens is 337 g/mol. The van der Waals surface area contributed by atoms with Crippen molar-refractivity contribution in [3.05, 3.63) is 35.8 Å². The summed E-state index contributed by atoms with van der Waals surface area (Å²) in [6.07, 6.45) is 0.357. The maximum absolute atomic E-state index is 13.0. The number of H-pyrrole nitrogens is 1. The summed E-state index contributed by atoms with van der Waals surface area (Å²) in [7, 11) is 0. The summed E-state index contributed by atoms with van der Waals surface area (Å²) in [5, 5.41) is 15.4. The van der Waals surface area contributed by atoms with Gasteiger partial charge in [-0.05, 0) is 18.9 Å². The van der Waals surface area contributed by atoms with E-state index in [1.165, 1.54) is 15.5 Å². The summed E-state index contributed by atoms with van der Waals surface area (Å²) in [5.41, 5.74) is 0.823. The van der Waals surface area contributed by atoms with Crippen molar-refractivity contribution in [1.82, 2.24) is 39.6 Å². The molecule has 0 aliphatic heterocycles. The summed E-state index contributed by atoms with van der Waals surface area (Å²) in [6, 6.07) is 1.13. The van der Waals surface area contributed by atoms with Crippen LogP contribution in [0.4, 0.5) is 13.2 Å². The SMILES string of the molecule is FC(F)(F)c1cc(C2CC2)n(Cc2nc3c4cn[nH]c4ncn3n2)n1. The maximum atomic E-state index is 13.0. The lowest BCUT2D eigenvalue weighted by Crippen LogP contribution is -2.10. The summed E-state index contributed by atoms with van der Waals surface area (Å²) >= 11 is 0. The zero-order valence-corrected chi connectivity index (χ0v) is 12.7. The normalized spacial score (nSPS) is 15.5. The van der Waals surface area contributed by atoms with Crippen molar-refractivity contribution in [1.29, 1.82) is 0 Å². The zero-order chi connectivity index (χ0) is 17.2. The minimum Gasteiger partial charge on any atom is -0.261 e. The Balaban J connectivity index is 1.57. The highest BCUT2D eigenvalue weighted by Crippen LogP contribution is 2.42. The standard InChI is InChI=1S/C14H11F3N8/c15-14(16,17)10-3-9(7-1-2-7)24(22-10)5-11-20-13-8-4-19-21-12(8)18-6-25(13)23-11/h3-4,6-7H,1-2,5H2,(H,19,21). The highest BCUT2D eigenvalue weighted by atomic mass is 19.4. The second-order valence-corrected chi connectivity index (χ2v) is 6.06. The molecule has 1 aliphatic carbocycles. The highest BCUT2D eigenvalue weighted by molar-refractivity contribution is 5.87. The molecule has 0 radical (unpaired) electrons. The molecule has 128 valence electrons. The molecule has 4 heterocycles. The minimum atomic E-state index is -4.46. The molecule has 1 aliphatic rings. The Morgan fingerprint density at radius 3 is 2.84 bits per heavy atom. The number of aromatic amines is 1. The molecule has 0 amide bonds. The van der Waals surface area contributed by atoms with Crippen LogP contribution in [0.1, 0.15) is 36.0 Å². The van der Waals surface area contributed by atoms with Crippen molar-refractivity contribution in [3.8, 4) is 0 Å². The molecule has 0 bridgehead atoms. The Kier molecular flexibility index (Phi) is 2.74. The number of nitrogens with zero attached hydrogens (tertiary/aromatic N) is 7. The molecule has 1 N–H and O–H groups in total. The van der Waals surface area contributed by atoms with Gasteiger partial charge in [0.25, 0.3) is 0 Å². The van der Waals surface area contributed by atoms with E-state index in [1.54, 1.807) is 6.20 Å². The van der Waals surface area contributed by atoms with Crippen LogP contribution in [0.3, 0.4) is 0 Å². The predicted octanol–water partition coefficient (Wildman–Crippen LogP) is 2.14. The Labute approximate surface area is 137 Å². The monoisotopic (exact) mass is 348 g/mol. The average molecular weight is 348 g/mol. The summed E-state index contributed by atoms with van der Waals surface area (Å²) < 4.78 is 41.8. The van der Waals surface area contributed by atoms with Crippen molar-refractivity contribution in [2.24, 2.45) is 0 Å². The van der Waals surface area contributed by atoms with Gasteiger partial charge in [-0.2, -0.15) is 23.4 Å². The Bertz CT molecular complexity index is 1080. The summed E-state index contributed by atoms with van der Waals surface area (Å²) in [4.78, 5) is 8.56. The van der Waals surface area contributed by atoms with Gasteiger partial charge >= 0.3 is 6.18 Å². The van der Waals surface area contributed by atoms with E-state index >= 15 is 0 Å². The van der Waals surface area contributed by atoms with E-state index < -0.39 is 11.9 Å². The first-order chi connectivity index (χ1) is 12.0. The van der Waals surface area contributed by atoms with Gasteiger partial charge in [-0.1, -0.05) is 0 Å². The number of nitrogens with one attached hydrogen (secondary N) is 1. The summed E-state index contributed by atoms with van der Waals surface area (Å²) in [6.45, 7) is 0.0724. The Morgan fingerprint density at radius 2 is 2.08 bits per heavy atom. The molecule has 11 heteroatoms. The minimum absolute atomic E-state index is 0.0724. The molecule has 1 saturated carbocycles. The number of aromatic nitrogens is 8. The number of hydrogen-bond acceptors (Lipinski definition) is 5. The molecule has 0 saturated heterocycles. The first-order valence-corrected chi connectivity index (χ1v) is 7.67. The molecular formula is C14H11F3N8. The number of hydrogen-bond donors (Lipinski definition) is 1. The van der Waals surface area contributed by atoms with Crippen LogP contribution < -0.4 is 0 Å².